The summed E-state index contributed by atoms with van der Waals surface area (Å²) in [7, 11) is 0. The van der Waals surface area contributed by atoms with Gasteiger partial charge in [0.25, 0.3) is 0 Å². The van der Waals surface area contributed by atoms with Gasteiger partial charge in [-0.25, -0.2) is 0 Å². The van der Waals surface area contributed by atoms with E-state index in [0.29, 0.717) is 0 Å². The monoisotopic (exact) mass is 315 g/mol. The average Bonchev–Trinajstić information content (AvgIpc) is 2.62. The molecule has 0 spiro atoms. The number of ketones is 2. The summed E-state index contributed by atoms with van der Waals surface area (Å²) in [6, 6.07) is 7.82. The van der Waals surface area contributed by atoms with E-state index < -0.39 is 0 Å². The third-order valence-electron chi connectivity index (χ3n) is 5.54. The molecule has 3 nitrogen and oxygen atoms in total. The predicted octanol–water partition coefficient (Wildman–Crippen LogP) is 2.76. The van der Waals surface area contributed by atoms with Gasteiger partial charge in [0.05, 0.1) is 12.0 Å². The summed E-state index contributed by atoms with van der Waals surface area (Å²) in [5.74, 6) is 0.104. The van der Waals surface area contributed by atoms with Gasteiger partial charge in [-0.05, 0) is 24.0 Å². The van der Waals surface area contributed by atoms with Crippen LogP contribution in [0.25, 0.3) is 0 Å². The molecule has 1 aliphatic heterocycles. The Kier molecular flexibility index (Phi) is 2.81. The van der Waals surface area contributed by atoms with Crippen molar-refractivity contribution in [1.82, 2.24) is 5.32 Å². The lowest BCUT2D eigenvalue weighted by molar-refractivity contribution is -0.118. The Bertz CT molecular complexity index is 887. The van der Waals surface area contributed by atoms with E-state index in [4.69, 9.17) is 0 Å². The normalized spacial score (nSPS) is 32.7. The first-order chi connectivity index (χ1) is 11.7. The SMILES string of the molecule is O=C1c2ccccc2CC2C=C3C(=O)C4C=CC=CC4NC3=CC12. The van der Waals surface area contributed by atoms with Gasteiger partial charge in [-0.2, -0.15) is 0 Å². The van der Waals surface area contributed by atoms with Gasteiger partial charge >= 0.3 is 0 Å². The minimum Gasteiger partial charge on any atom is -0.377 e. The van der Waals surface area contributed by atoms with E-state index in [0.717, 1.165) is 28.8 Å². The molecule has 0 amide bonds. The van der Waals surface area contributed by atoms with E-state index in [-0.39, 0.29) is 35.4 Å². The van der Waals surface area contributed by atoms with Gasteiger partial charge in [0, 0.05) is 22.8 Å². The van der Waals surface area contributed by atoms with E-state index in [1.165, 1.54) is 0 Å². The van der Waals surface area contributed by atoms with Crippen molar-refractivity contribution >= 4 is 11.6 Å². The maximum absolute atomic E-state index is 12.9. The first-order valence-electron chi connectivity index (χ1n) is 8.44. The number of nitrogens with one attached hydrogen (secondary N) is 1. The summed E-state index contributed by atoms with van der Waals surface area (Å²) in [6.45, 7) is 0. The second-order valence-electron chi connectivity index (χ2n) is 6.91. The molecule has 118 valence electrons. The number of carbonyl (C=O) groups is 2. The van der Waals surface area contributed by atoms with Crippen LogP contribution in [0.15, 0.2) is 72.0 Å². The van der Waals surface area contributed by atoms with Crippen molar-refractivity contribution in [2.75, 3.05) is 0 Å². The molecule has 1 aromatic carbocycles. The summed E-state index contributed by atoms with van der Waals surface area (Å²) in [6.07, 6.45) is 12.7. The van der Waals surface area contributed by atoms with Gasteiger partial charge in [-0.3, -0.25) is 9.59 Å². The molecule has 4 atom stereocenters. The van der Waals surface area contributed by atoms with Crippen LogP contribution in [0, 0.1) is 17.8 Å². The number of Topliss-reactive ketones (excluding diaryl/α,β-unsaturated/α-hetero) is 2. The molecule has 3 heteroatoms. The largest absolute Gasteiger partial charge is 0.377 e. The minimum atomic E-state index is -0.168. The lowest BCUT2D eigenvalue weighted by Crippen LogP contribution is -2.47. The fourth-order valence-corrected chi connectivity index (χ4v) is 4.32. The van der Waals surface area contributed by atoms with E-state index in [2.05, 4.69) is 5.32 Å². The third-order valence-corrected chi connectivity index (χ3v) is 5.54. The predicted molar refractivity (Wildman–Crippen MR) is 91.3 cm³/mol. The van der Waals surface area contributed by atoms with Crippen molar-refractivity contribution in [1.29, 1.82) is 0 Å². The van der Waals surface area contributed by atoms with Crippen molar-refractivity contribution in [3.8, 4) is 0 Å². The molecule has 1 N–H and O–H groups in total. The van der Waals surface area contributed by atoms with Crippen molar-refractivity contribution < 1.29 is 9.59 Å². The molecular formula is C21H17NO2. The Morgan fingerprint density at radius 3 is 2.67 bits per heavy atom. The molecule has 1 fully saturated rings. The molecule has 3 aliphatic carbocycles. The van der Waals surface area contributed by atoms with Crippen LogP contribution >= 0.6 is 0 Å². The van der Waals surface area contributed by atoms with Crippen LogP contribution in [0.5, 0.6) is 0 Å². The van der Waals surface area contributed by atoms with Crippen LogP contribution in [-0.4, -0.2) is 17.6 Å². The smallest absolute Gasteiger partial charge is 0.173 e. The molecule has 1 aromatic rings. The van der Waals surface area contributed by atoms with Gasteiger partial charge in [-0.15, -0.1) is 0 Å². The quantitative estimate of drug-likeness (QED) is 0.801. The highest BCUT2D eigenvalue weighted by atomic mass is 16.1. The highest BCUT2D eigenvalue weighted by Gasteiger charge is 2.42. The van der Waals surface area contributed by atoms with Gasteiger partial charge in [0.1, 0.15) is 0 Å². The van der Waals surface area contributed by atoms with E-state index in [1.807, 2.05) is 60.7 Å². The lowest BCUT2D eigenvalue weighted by atomic mass is 9.69. The molecule has 0 aromatic heterocycles. The van der Waals surface area contributed by atoms with Gasteiger partial charge in [-0.1, -0.05) is 54.6 Å². The zero-order valence-corrected chi connectivity index (χ0v) is 13.1. The molecule has 0 saturated carbocycles. The van der Waals surface area contributed by atoms with E-state index in [1.54, 1.807) is 0 Å². The maximum atomic E-state index is 12.9. The first-order valence-corrected chi connectivity index (χ1v) is 8.44. The van der Waals surface area contributed by atoms with Crippen LogP contribution in [0.2, 0.25) is 0 Å². The van der Waals surface area contributed by atoms with Crippen LogP contribution < -0.4 is 5.32 Å². The Balaban J connectivity index is 1.58. The Morgan fingerprint density at radius 1 is 0.917 bits per heavy atom. The van der Waals surface area contributed by atoms with Crippen LogP contribution in [0.3, 0.4) is 0 Å². The Morgan fingerprint density at radius 2 is 1.75 bits per heavy atom. The Labute approximate surface area is 140 Å². The van der Waals surface area contributed by atoms with Gasteiger partial charge in [0.15, 0.2) is 11.6 Å². The van der Waals surface area contributed by atoms with E-state index in [9.17, 15) is 9.59 Å². The van der Waals surface area contributed by atoms with Crippen molar-refractivity contribution in [3.05, 3.63) is 83.1 Å². The van der Waals surface area contributed by atoms with Crippen LogP contribution in [-0.2, 0) is 11.2 Å². The summed E-state index contributed by atoms with van der Waals surface area (Å²) in [5.41, 5.74) is 3.50. The summed E-state index contributed by atoms with van der Waals surface area (Å²) in [4.78, 5) is 25.8. The molecule has 24 heavy (non-hydrogen) atoms. The van der Waals surface area contributed by atoms with Crippen molar-refractivity contribution in [2.45, 2.75) is 12.5 Å². The van der Waals surface area contributed by atoms with E-state index >= 15 is 0 Å². The summed E-state index contributed by atoms with van der Waals surface area (Å²) in [5, 5.41) is 3.45. The number of benzene rings is 1. The van der Waals surface area contributed by atoms with Crippen molar-refractivity contribution in [3.63, 3.8) is 0 Å². The third kappa shape index (κ3) is 1.84. The molecule has 0 bridgehead atoms. The zero-order chi connectivity index (χ0) is 16.3. The second kappa shape index (κ2) is 4.91. The molecule has 1 heterocycles. The molecule has 0 radical (unpaired) electrons. The highest BCUT2D eigenvalue weighted by molar-refractivity contribution is 6.06. The molecule has 4 unspecified atom stereocenters. The number of hydrogen-bond acceptors (Lipinski definition) is 3. The van der Waals surface area contributed by atoms with Gasteiger partial charge in [0.2, 0.25) is 0 Å². The highest BCUT2D eigenvalue weighted by Crippen LogP contribution is 2.40. The number of rotatable bonds is 0. The second-order valence-corrected chi connectivity index (χ2v) is 6.91. The number of allylic oxidation sites excluding steroid dienone is 5. The number of carbonyl (C=O) groups excluding carboxylic acids is 2. The zero-order valence-electron chi connectivity index (χ0n) is 13.1. The molecule has 1 saturated heterocycles. The minimum absolute atomic E-state index is 0.00608. The maximum Gasteiger partial charge on any atom is 0.173 e. The van der Waals surface area contributed by atoms with Gasteiger partial charge < -0.3 is 5.32 Å². The standard InChI is InChI=1S/C21H17NO2/c23-20-14-6-2-1-5-12(14)9-13-10-17-19(11-16(13)20)22-18-8-4-3-7-15(18)21(17)24/h1-8,10-11,13,15-16,18,22H,9H2. The summed E-state index contributed by atoms with van der Waals surface area (Å²) < 4.78 is 0. The number of hydrogen-bond donors (Lipinski definition) is 1. The fourth-order valence-electron chi connectivity index (χ4n) is 4.32. The van der Waals surface area contributed by atoms with Crippen LogP contribution in [0.1, 0.15) is 15.9 Å². The average molecular weight is 315 g/mol. The summed E-state index contributed by atoms with van der Waals surface area (Å²) >= 11 is 0. The molecule has 4 aliphatic rings. The van der Waals surface area contributed by atoms with Crippen LogP contribution in [0.4, 0.5) is 0 Å². The fraction of sp³-hybridized carbons (Fsp3) is 0.238. The van der Waals surface area contributed by atoms with Crippen molar-refractivity contribution in [2.24, 2.45) is 17.8 Å². The number of fused-ring (bicyclic) bond motifs is 4. The Hall–Kier alpha value is -2.68. The number of piperidine rings is 1. The first kappa shape index (κ1) is 13.7. The molecular weight excluding hydrogens is 298 g/mol. The molecule has 5 rings (SSSR count). The lowest BCUT2D eigenvalue weighted by Gasteiger charge is -2.39. The topological polar surface area (TPSA) is 46.2 Å².